The summed E-state index contributed by atoms with van der Waals surface area (Å²) in [5.41, 5.74) is 0.853. The SMILES string of the molecule is COc1ncc(C=CCC#N)cc1Cl. The third-order valence-electron chi connectivity index (χ3n) is 1.54. The molecule has 0 atom stereocenters. The second-order valence-electron chi connectivity index (χ2n) is 2.52. The van der Waals surface area contributed by atoms with Gasteiger partial charge >= 0.3 is 0 Å². The number of ether oxygens (including phenoxy) is 1. The van der Waals surface area contributed by atoms with Crippen LogP contribution in [-0.4, -0.2) is 12.1 Å². The zero-order valence-corrected chi connectivity index (χ0v) is 8.45. The van der Waals surface area contributed by atoms with E-state index in [0.29, 0.717) is 17.3 Å². The molecule has 1 aromatic rings. The van der Waals surface area contributed by atoms with Crippen LogP contribution in [0.5, 0.6) is 5.88 Å². The quantitative estimate of drug-likeness (QED) is 0.767. The molecular formula is C10H9ClN2O. The molecule has 0 spiro atoms. The Balaban J connectivity index is 2.82. The van der Waals surface area contributed by atoms with Crippen LogP contribution in [0, 0.1) is 11.3 Å². The number of nitrogens with zero attached hydrogens (tertiary/aromatic N) is 2. The molecule has 0 unspecified atom stereocenters. The lowest BCUT2D eigenvalue weighted by atomic mass is 10.2. The molecule has 0 saturated heterocycles. The van der Waals surface area contributed by atoms with Gasteiger partial charge in [-0.3, -0.25) is 0 Å². The Morgan fingerprint density at radius 3 is 3.07 bits per heavy atom. The van der Waals surface area contributed by atoms with Crippen LogP contribution in [0.25, 0.3) is 6.08 Å². The van der Waals surface area contributed by atoms with Crippen molar-refractivity contribution in [2.24, 2.45) is 0 Å². The van der Waals surface area contributed by atoms with Gasteiger partial charge in [0.05, 0.1) is 19.6 Å². The van der Waals surface area contributed by atoms with E-state index in [-0.39, 0.29) is 0 Å². The maximum atomic E-state index is 8.32. The van der Waals surface area contributed by atoms with Crippen molar-refractivity contribution in [2.45, 2.75) is 6.42 Å². The first-order valence-electron chi connectivity index (χ1n) is 4.01. The van der Waals surface area contributed by atoms with Crippen molar-refractivity contribution in [2.75, 3.05) is 7.11 Å². The van der Waals surface area contributed by atoms with Crippen LogP contribution in [0.2, 0.25) is 5.02 Å². The Morgan fingerprint density at radius 2 is 2.50 bits per heavy atom. The second-order valence-corrected chi connectivity index (χ2v) is 2.93. The summed E-state index contributed by atoms with van der Waals surface area (Å²) in [5, 5.41) is 8.78. The van der Waals surface area contributed by atoms with Crippen molar-refractivity contribution in [3.05, 3.63) is 28.9 Å². The van der Waals surface area contributed by atoms with Gasteiger partial charge in [-0.25, -0.2) is 4.98 Å². The smallest absolute Gasteiger partial charge is 0.232 e. The minimum atomic E-state index is 0.379. The van der Waals surface area contributed by atoms with E-state index in [1.165, 1.54) is 7.11 Å². The van der Waals surface area contributed by atoms with Crippen molar-refractivity contribution in [1.29, 1.82) is 5.26 Å². The van der Waals surface area contributed by atoms with Gasteiger partial charge in [0.2, 0.25) is 5.88 Å². The summed E-state index contributed by atoms with van der Waals surface area (Å²) < 4.78 is 4.91. The first-order chi connectivity index (χ1) is 6.77. The summed E-state index contributed by atoms with van der Waals surface area (Å²) >= 11 is 5.86. The zero-order valence-electron chi connectivity index (χ0n) is 7.70. The van der Waals surface area contributed by atoms with Crippen molar-refractivity contribution in [1.82, 2.24) is 4.98 Å². The van der Waals surface area contributed by atoms with E-state index < -0.39 is 0 Å². The molecule has 0 amide bonds. The summed E-state index contributed by atoms with van der Waals surface area (Å²) in [6.07, 6.45) is 5.56. The van der Waals surface area contributed by atoms with Gasteiger partial charge in [0, 0.05) is 6.20 Å². The first-order valence-corrected chi connectivity index (χ1v) is 4.38. The molecule has 3 nitrogen and oxygen atoms in total. The molecule has 4 heteroatoms. The van der Waals surface area contributed by atoms with Gasteiger partial charge in [0.15, 0.2) is 0 Å². The van der Waals surface area contributed by atoms with Crippen LogP contribution in [0.4, 0.5) is 0 Å². The summed E-state index contributed by atoms with van der Waals surface area (Å²) in [6.45, 7) is 0. The molecule has 0 bridgehead atoms. The van der Waals surface area contributed by atoms with Gasteiger partial charge in [0.25, 0.3) is 0 Å². The number of hydrogen-bond donors (Lipinski definition) is 0. The van der Waals surface area contributed by atoms with E-state index in [2.05, 4.69) is 4.98 Å². The number of nitriles is 1. The summed E-state index contributed by atoms with van der Waals surface area (Å²) in [7, 11) is 1.51. The Bertz CT molecular complexity index is 382. The minimum Gasteiger partial charge on any atom is -0.480 e. The first kappa shape index (κ1) is 10.6. The highest BCUT2D eigenvalue weighted by Crippen LogP contribution is 2.22. The minimum absolute atomic E-state index is 0.379. The Morgan fingerprint density at radius 1 is 1.71 bits per heavy atom. The molecule has 0 N–H and O–H groups in total. The lowest BCUT2D eigenvalue weighted by Crippen LogP contribution is -1.88. The number of hydrogen-bond acceptors (Lipinski definition) is 3. The molecule has 0 aliphatic carbocycles. The predicted molar refractivity (Wildman–Crippen MR) is 55.1 cm³/mol. The molecule has 0 fully saturated rings. The summed E-state index contributed by atoms with van der Waals surface area (Å²) in [4.78, 5) is 3.99. The molecule has 0 aromatic carbocycles. The predicted octanol–water partition coefficient (Wildman–Crippen LogP) is 2.67. The number of pyridine rings is 1. The van der Waals surface area contributed by atoms with E-state index >= 15 is 0 Å². The topological polar surface area (TPSA) is 45.9 Å². The standard InChI is InChI=1S/C10H9ClN2O/c1-14-10-9(11)6-8(7-13-10)4-2-3-5-12/h2,4,6-7H,3H2,1H3. The number of methoxy groups -OCH3 is 1. The molecule has 1 heterocycles. The summed E-state index contributed by atoms with van der Waals surface area (Å²) in [5.74, 6) is 0.407. The van der Waals surface area contributed by atoms with E-state index in [9.17, 15) is 0 Å². The highest BCUT2D eigenvalue weighted by Gasteiger charge is 2.00. The number of rotatable bonds is 3. The Hall–Kier alpha value is -1.53. The second kappa shape index (κ2) is 5.25. The average molecular weight is 209 g/mol. The number of allylic oxidation sites excluding steroid dienone is 1. The maximum absolute atomic E-state index is 8.32. The number of aromatic nitrogens is 1. The van der Waals surface area contributed by atoms with Crippen molar-refractivity contribution in [3.63, 3.8) is 0 Å². The monoisotopic (exact) mass is 208 g/mol. The van der Waals surface area contributed by atoms with Crippen molar-refractivity contribution < 1.29 is 4.74 Å². The van der Waals surface area contributed by atoms with E-state index in [1.807, 2.05) is 6.07 Å². The van der Waals surface area contributed by atoms with E-state index in [0.717, 1.165) is 5.56 Å². The van der Waals surface area contributed by atoms with Crippen LogP contribution in [0.1, 0.15) is 12.0 Å². The van der Waals surface area contributed by atoms with Crippen LogP contribution in [0.3, 0.4) is 0 Å². The third-order valence-corrected chi connectivity index (χ3v) is 1.81. The Labute approximate surface area is 87.6 Å². The fourth-order valence-electron chi connectivity index (χ4n) is 0.929. The lowest BCUT2D eigenvalue weighted by molar-refractivity contribution is 0.398. The van der Waals surface area contributed by atoms with Crippen molar-refractivity contribution in [3.8, 4) is 11.9 Å². The third kappa shape index (κ3) is 2.75. The largest absolute Gasteiger partial charge is 0.480 e. The van der Waals surface area contributed by atoms with Crippen LogP contribution < -0.4 is 4.74 Å². The van der Waals surface area contributed by atoms with Crippen LogP contribution in [0.15, 0.2) is 18.3 Å². The number of halogens is 1. The fourth-order valence-corrected chi connectivity index (χ4v) is 1.18. The summed E-state index contributed by atoms with van der Waals surface area (Å²) in [6, 6.07) is 3.75. The molecule has 0 radical (unpaired) electrons. The van der Waals surface area contributed by atoms with Gasteiger partial charge in [-0.2, -0.15) is 5.26 Å². The zero-order chi connectivity index (χ0) is 10.4. The molecule has 14 heavy (non-hydrogen) atoms. The van der Waals surface area contributed by atoms with E-state index in [1.54, 1.807) is 24.4 Å². The molecule has 0 aliphatic rings. The highest BCUT2D eigenvalue weighted by molar-refractivity contribution is 6.31. The lowest BCUT2D eigenvalue weighted by Gasteiger charge is -2.01. The fraction of sp³-hybridized carbons (Fsp3) is 0.200. The van der Waals surface area contributed by atoms with Gasteiger partial charge < -0.3 is 4.74 Å². The van der Waals surface area contributed by atoms with Crippen LogP contribution in [-0.2, 0) is 0 Å². The molecule has 0 saturated carbocycles. The van der Waals surface area contributed by atoms with E-state index in [4.69, 9.17) is 21.6 Å². The normalized spacial score (nSPS) is 10.1. The van der Waals surface area contributed by atoms with Gasteiger partial charge in [-0.15, -0.1) is 0 Å². The average Bonchev–Trinajstić information content (AvgIpc) is 2.18. The van der Waals surface area contributed by atoms with Crippen LogP contribution >= 0.6 is 11.6 Å². The molecular weight excluding hydrogens is 200 g/mol. The van der Waals surface area contributed by atoms with Gasteiger partial charge in [0.1, 0.15) is 5.02 Å². The maximum Gasteiger partial charge on any atom is 0.232 e. The Kier molecular flexibility index (Phi) is 3.96. The molecule has 0 aliphatic heterocycles. The molecule has 1 rings (SSSR count). The molecule has 1 aromatic heterocycles. The molecule has 72 valence electrons. The van der Waals surface area contributed by atoms with Gasteiger partial charge in [-0.05, 0) is 11.6 Å². The van der Waals surface area contributed by atoms with Crippen molar-refractivity contribution >= 4 is 17.7 Å². The highest BCUT2D eigenvalue weighted by atomic mass is 35.5. The van der Waals surface area contributed by atoms with Gasteiger partial charge in [-0.1, -0.05) is 23.8 Å².